The Morgan fingerprint density at radius 3 is 2.64 bits per heavy atom. The van der Waals surface area contributed by atoms with Gasteiger partial charge in [-0.05, 0) is 60.9 Å². The van der Waals surface area contributed by atoms with E-state index in [1.54, 1.807) is 29.3 Å². The quantitative estimate of drug-likeness (QED) is 0.648. The number of likely N-dealkylation sites (tertiary alicyclic amines) is 1. The lowest BCUT2D eigenvalue weighted by molar-refractivity contribution is -0.0137. The van der Waals surface area contributed by atoms with Crippen LogP contribution in [0.25, 0.3) is 10.9 Å². The number of aromatic nitrogens is 1. The molecule has 2 N–H and O–H groups in total. The highest BCUT2D eigenvalue weighted by Crippen LogP contribution is 2.45. The predicted molar refractivity (Wildman–Crippen MR) is 126 cm³/mol. The lowest BCUT2D eigenvalue weighted by atomic mass is 9.94. The van der Waals surface area contributed by atoms with Crippen LogP contribution >= 0.6 is 0 Å². The number of hydrogen-bond donors (Lipinski definition) is 2. The Labute approximate surface area is 193 Å². The molecule has 2 fully saturated rings. The molecular formula is C27H29N3O3. The van der Waals surface area contributed by atoms with E-state index in [0.717, 1.165) is 44.3 Å². The van der Waals surface area contributed by atoms with Gasteiger partial charge in [0.2, 0.25) is 0 Å². The van der Waals surface area contributed by atoms with Gasteiger partial charge in [0.05, 0.1) is 11.6 Å². The van der Waals surface area contributed by atoms with E-state index in [1.807, 2.05) is 0 Å². The number of benzene rings is 2. The molecule has 3 heterocycles. The molecule has 170 valence electrons. The molecular weight excluding hydrogens is 414 g/mol. The predicted octanol–water partition coefficient (Wildman–Crippen LogP) is 3.45. The lowest BCUT2D eigenvalue weighted by Gasteiger charge is -2.43. The van der Waals surface area contributed by atoms with Crippen molar-refractivity contribution in [2.75, 3.05) is 19.6 Å². The average molecular weight is 444 g/mol. The van der Waals surface area contributed by atoms with Crippen molar-refractivity contribution in [3.8, 4) is 5.75 Å². The number of nitrogens with zero attached hydrogens (tertiary/aromatic N) is 3. The topological polar surface area (TPSA) is 76.9 Å². The van der Waals surface area contributed by atoms with Gasteiger partial charge in [0.1, 0.15) is 5.75 Å². The van der Waals surface area contributed by atoms with Gasteiger partial charge in [0.25, 0.3) is 5.91 Å². The smallest absolute Gasteiger partial charge is 0.254 e. The van der Waals surface area contributed by atoms with E-state index >= 15 is 0 Å². The Morgan fingerprint density at radius 1 is 1.03 bits per heavy atom. The van der Waals surface area contributed by atoms with Gasteiger partial charge in [-0.1, -0.05) is 24.3 Å². The van der Waals surface area contributed by atoms with E-state index in [2.05, 4.69) is 34.1 Å². The van der Waals surface area contributed by atoms with Crippen LogP contribution in [0.5, 0.6) is 5.75 Å². The van der Waals surface area contributed by atoms with Crippen LogP contribution in [0.1, 0.15) is 52.2 Å². The van der Waals surface area contributed by atoms with Gasteiger partial charge in [-0.25, -0.2) is 0 Å². The minimum atomic E-state index is -0.573. The zero-order valence-corrected chi connectivity index (χ0v) is 18.7. The first-order valence-electron chi connectivity index (χ1n) is 12.0. The first kappa shape index (κ1) is 20.6. The van der Waals surface area contributed by atoms with Gasteiger partial charge in [0, 0.05) is 54.9 Å². The van der Waals surface area contributed by atoms with E-state index in [0.29, 0.717) is 41.2 Å². The summed E-state index contributed by atoms with van der Waals surface area (Å²) in [5, 5.41) is 22.3. The van der Waals surface area contributed by atoms with Crippen molar-refractivity contribution < 1.29 is 15.0 Å². The average Bonchev–Trinajstić information content (AvgIpc) is 3.68. The summed E-state index contributed by atoms with van der Waals surface area (Å²) in [6, 6.07) is 13.9. The van der Waals surface area contributed by atoms with Crippen LogP contribution < -0.4 is 0 Å². The molecule has 1 amide bonds. The number of aromatic hydroxyl groups is 1. The maximum absolute atomic E-state index is 13.2. The summed E-state index contributed by atoms with van der Waals surface area (Å²) in [5.74, 6) is 0.617. The minimum Gasteiger partial charge on any atom is -0.507 e. The lowest BCUT2D eigenvalue weighted by Crippen LogP contribution is -2.56. The van der Waals surface area contributed by atoms with Crippen molar-refractivity contribution in [1.82, 2.24) is 14.8 Å². The molecule has 1 aliphatic carbocycles. The highest BCUT2D eigenvalue weighted by molar-refractivity contribution is 5.99. The van der Waals surface area contributed by atoms with Crippen LogP contribution in [0.2, 0.25) is 0 Å². The van der Waals surface area contributed by atoms with Crippen molar-refractivity contribution >= 4 is 16.8 Å². The molecule has 0 spiro atoms. The molecule has 6 rings (SSSR count). The summed E-state index contributed by atoms with van der Waals surface area (Å²) in [6.07, 6.45) is 5.12. The fourth-order valence-corrected chi connectivity index (χ4v) is 5.53. The second kappa shape index (κ2) is 8.12. The number of fused-ring (bicyclic) bond motifs is 2. The van der Waals surface area contributed by atoms with Crippen molar-refractivity contribution in [1.29, 1.82) is 0 Å². The molecule has 2 aromatic carbocycles. The third kappa shape index (κ3) is 3.77. The van der Waals surface area contributed by atoms with Crippen LogP contribution in [0.3, 0.4) is 0 Å². The van der Waals surface area contributed by atoms with Crippen molar-refractivity contribution in [3.05, 3.63) is 70.9 Å². The van der Waals surface area contributed by atoms with Gasteiger partial charge in [-0.3, -0.25) is 14.7 Å². The zero-order valence-electron chi connectivity index (χ0n) is 18.7. The van der Waals surface area contributed by atoms with Gasteiger partial charge in [0.15, 0.2) is 0 Å². The molecule has 1 saturated carbocycles. The third-order valence-electron chi connectivity index (χ3n) is 7.60. The highest BCUT2D eigenvalue weighted by Gasteiger charge is 2.35. The summed E-state index contributed by atoms with van der Waals surface area (Å²) in [6.45, 7) is 2.75. The van der Waals surface area contributed by atoms with Gasteiger partial charge in [-0.15, -0.1) is 0 Å². The Balaban J connectivity index is 1.16. The summed E-state index contributed by atoms with van der Waals surface area (Å²) in [4.78, 5) is 21.8. The second-order valence-corrected chi connectivity index (χ2v) is 9.73. The van der Waals surface area contributed by atoms with Gasteiger partial charge >= 0.3 is 0 Å². The summed E-state index contributed by atoms with van der Waals surface area (Å²) < 4.78 is 0. The SMILES string of the molecule is O=C(c1ccc2c(O)c(C3CC3)cnc2c1)N1CC[C@H](N2CCc3ccccc3C2)[C@@H](O)C1. The maximum Gasteiger partial charge on any atom is 0.254 e. The standard InChI is InChI=1S/C27H29N3O3/c31-25-16-30(12-10-24(25)29-11-9-17-3-1-2-4-20(17)15-29)27(33)19-7-8-21-23(13-19)28-14-22(26(21)32)18-5-6-18/h1-4,7-8,13-14,18,24-25,31H,5-6,9-12,15-16H2,(H,28,32)/t24-,25-/m0/s1. The Morgan fingerprint density at radius 2 is 1.85 bits per heavy atom. The fourth-order valence-electron chi connectivity index (χ4n) is 5.53. The number of β-amino-alcohol motifs (C(OH)–C–C–N with tert-alkyl or cyclic N) is 1. The molecule has 6 heteroatoms. The first-order valence-corrected chi connectivity index (χ1v) is 12.0. The molecule has 33 heavy (non-hydrogen) atoms. The minimum absolute atomic E-state index is 0.0680. The molecule has 0 radical (unpaired) electrons. The molecule has 2 atom stereocenters. The number of carbonyl (C=O) groups is 1. The maximum atomic E-state index is 13.2. The van der Waals surface area contributed by atoms with Gasteiger partial charge in [-0.2, -0.15) is 0 Å². The fraction of sp³-hybridized carbons (Fsp3) is 0.407. The Kier molecular flexibility index (Phi) is 5.07. The molecule has 0 bridgehead atoms. The zero-order chi connectivity index (χ0) is 22.5. The van der Waals surface area contributed by atoms with Crippen LogP contribution in [-0.2, 0) is 13.0 Å². The molecule has 0 unspecified atom stereocenters. The van der Waals surface area contributed by atoms with E-state index in [9.17, 15) is 15.0 Å². The van der Waals surface area contributed by atoms with Crippen molar-refractivity contribution in [2.45, 2.75) is 50.3 Å². The monoisotopic (exact) mass is 443 g/mol. The molecule has 1 aromatic heterocycles. The molecule has 3 aliphatic rings. The molecule has 6 nitrogen and oxygen atoms in total. The normalized spacial score (nSPS) is 23.5. The molecule has 1 saturated heterocycles. The number of aliphatic hydroxyl groups is 1. The number of piperidine rings is 1. The first-order chi connectivity index (χ1) is 16.1. The van der Waals surface area contributed by atoms with E-state index < -0.39 is 6.10 Å². The summed E-state index contributed by atoms with van der Waals surface area (Å²) in [5.41, 5.74) is 4.82. The Bertz CT molecular complexity index is 1220. The highest BCUT2D eigenvalue weighted by atomic mass is 16.3. The number of aliphatic hydroxyl groups excluding tert-OH is 1. The van der Waals surface area contributed by atoms with Crippen molar-refractivity contribution in [3.63, 3.8) is 0 Å². The van der Waals surface area contributed by atoms with Crippen LogP contribution in [0, 0.1) is 0 Å². The van der Waals surface area contributed by atoms with Crippen molar-refractivity contribution in [2.24, 2.45) is 0 Å². The van der Waals surface area contributed by atoms with Crippen LogP contribution in [0.15, 0.2) is 48.7 Å². The molecule has 2 aliphatic heterocycles. The van der Waals surface area contributed by atoms with Crippen LogP contribution in [-0.4, -0.2) is 62.7 Å². The summed E-state index contributed by atoms with van der Waals surface area (Å²) >= 11 is 0. The number of carbonyl (C=O) groups excluding carboxylic acids is 1. The third-order valence-corrected chi connectivity index (χ3v) is 7.60. The number of pyridine rings is 1. The molecule has 3 aromatic rings. The van der Waals surface area contributed by atoms with Crippen LogP contribution in [0.4, 0.5) is 0 Å². The number of hydrogen-bond acceptors (Lipinski definition) is 5. The van der Waals surface area contributed by atoms with E-state index in [1.165, 1.54) is 11.1 Å². The second-order valence-electron chi connectivity index (χ2n) is 9.73. The van der Waals surface area contributed by atoms with Gasteiger partial charge < -0.3 is 15.1 Å². The largest absolute Gasteiger partial charge is 0.507 e. The number of amides is 1. The summed E-state index contributed by atoms with van der Waals surface area (Å²) in [7, 11) is 0. The number of rotatable bonds is 3. The van der Waals surface area contributed by atoms with E-state index in [4.69, 9.17) is 0 Å². The van der Waals surface area contributed by atoms with E-state index in [-0.39, 0.29) is 11.9 Å². The Hall–Kier alpha value is -2.96.